The van der Waals surface area contributed by atoms with E-state index in [0.717, 1.165) is 17.8 Å². The second-order valence-corrected chi connectivity index (χ2v) is 5.89. The quantitative estimate of drug-likeness (QED) is 0.391. The number of nitrogens with two attached hydrogens (primary N) is 2. The number of aliphatic imine (C=N–C) groups is 2. The minimum absolute atomic E-state index is 0. The number of nitrogens with zero attached hydrogens (tertiary/aromatic N) is 2. The normalized spacial score (nSPS) is 12.4. The molecule has 8 heteroatoms. The Morgan fingerprint density at radius 3 is 1.59 bits per heavy atom. The third-order valence-corrected chi connectivity index (χ3v) is 4.08. The van der Waals surface area contributed by atoms with Crippen molar-refractivity contribution in [2.75, 3.05) is 23.7 Å². The SMILES string of the molecule is CCN=C(N)Nc1ccc2c(c1)Cc1cc(NC(N)=NCC)ccc1-2.Cl.Cl. The van der Waals surface area contributed by atoms with Crippen molar-refractivity contribution in [3.8, 4) is 11.1 Å². The van der Waals surface area contributed by atoms with Gasteiger partial charge in [-0.15, -0.1) is 24.8 Å². The molecule has 0 atom stereocenters. The topological polar surface area (TPSA) is 101 Å². The number of guanidine groups is 2. The lowest BCUT2D eigenvalue weighted by Gasteiger charge is -2.08. The largest absolute Gasteiger partial charge is 0.370 e. The molecule has 1 aliphatic rings. The third-order valence-electron chi connectivity index (χ3n) is 4.08. The van der Waals surface area contributed by atoms with Crippen molar-refractivity contribution in [1.29, 1.82) is 0 Å². The molecule has 0 saturated carbocycles. The van der Waals surface area contributed by atoms with Crippen LogP contribution < -0.4 is 22.1 Å². The van der Waals surface area contributed by atoms with Gasteiger partial charge >= 0.3 is 0 Å². The summed E-state index contributed by atoms with van der Waals surface area (Å²) >= 11 is 0. The molecule has 0 aliphatic heterocycles. The van der Waals surface area contributed by atoms with Crippen LogP contribution in [0, 0.1) is 0 Å². The molecule has 6 nitrogen and oxygen atoms in total. The molecular weight excluding hydrogens is 383 g/mol. The van der Waals surface area contributed by atoms with Gasteiger partial charge in [0.05, 0.1) is 0 Å². The maximum atomic E-state index is 5.84. The summed E-state index contributed by atoms with van der Waals surface area (Å²) in [7, 11) is 0. The Morgan fingerprint density at radius 1 is 0.815 bits per heavy atom. The number of anilines is 2. The highest BCUT2D eigenvalue weighted by molar-refractivity contribution is 5.94. The lowest BCUT2D eigenvalue weighted by atomic mass is 10.1. The van der Waals surface area contributed by atoms with Crippen LogP contribution in [0.15, 0.2) is 46.4 Å². The van der Waals surface area contributed by atoms with Gasteiger partial charge in [0, 0.05) is 24.5 Å². The fraction of sp³-hybridized carbons (Fsp3) is 0.263. The fourth-order valence-corrected chi connectivity index (χ4v) is 3.08. The van der Waals surface area contributed by atoms with Gasteiger partial charge in [0.15, 0.2) is 11.9 Å². The van der Waals surface area contributed by atoms with Gasteiger partial charge in [-0.2, -0.15) is 0 Å². The van der Waals surface area contributed by atoms with Crippen molar-refractivity contribution in [1.82, 2.24) is 0 Å². The van der Waals surface area contributed by atoms with Crippen molar-refractivity contribution in [3.05, 3.63) is 47.5 Å². The number of rotatable bonds is 4. The van der Waals surface area contributed by atoms with E-state index in [1.165, 1.54) is 22.3 Å². The van der Waals surface area contributed by atoms with E-state index in [0.29, 0.717) is 25.0 Å². The minimum Gasteiger partial charge on any atom is -0.370 e. The highest BCUT2D eigenvalue weighted by Gasteiger charge is 2.19. The van der Waals surface area contributed by atoms with E-state index < -0.39 is 0 Å². The molecule has 0 bridgehead atoms. The van der Waals surface area contributed by atoms with E-state index >= 15 is 0 Å². The number of hydrogen-bond acceptors (Lipinski definition) is 2. The summed E-state index contributed by atoms with van der Waals surface area (Å²) in [6.45, 7) is 5.24. The van der Waals surface area contributed by atoms with Crippen LogP contribution in [0.3, 0.4) is 0 Å². The van der Waals surface area contributed by atoms with Gasteiger partial charge in [-0.3, -0.25) is 9.98 Å². The van der Waals surface area contributed by atoms with Crippen LogP contribution in [-0.4, -0.2) is 25.0 Å². The zero-order valence-electron chi connectivity index (χ0n) is 15.5. The molecule has 146 valence electrons. The van der Waals surface area contributed by atoms with Crippen molar-refractivity contribution >= 4 is 48.1 Å². The highest BCUT2D eigenvalue weighted by atomic mass is 35.5. The van der Waals surface area contributed by atoms with Crippen LogP contribution in [0.4, 0.5) is 11.4 Å². The molecule has 0 fully saturated rings. The maximum absolute atomic E-state index is 5.84. The van der Waals surface area contributed by atoms with Gasteiger partial charge in [-0.1, -0.05) is 12.1 Å². The Morgan fingerprint density at radius 2 is 1.22 bits per heavy atom. The maximum Gasteiger partial charge on any atom is 0.193 e. The second kappa shape index (κ2) is 10.0. The van der Waals surface area contributed by atoms with Gasteiger partial charge < -0.3 is 22.1 Å². The predicted molar refractivity (Wildman–Crippen MR) is 121 cm³/mol. The molecule has 1 aliphatic carbocycles. The molecule has 0 radical (unpaired) electrons. The van der Waals surface area contributed by atoms with Crippen molar-refractivity contribution in [3.63, 3.8) is 0 Å². The molecule has 3 rings (SSSR count). The van der Waals surface area contributed by atoms with E-state index in [2.05, 4.69) is 44.9 Å². The lowest BCUT2D eigenvalue weighted by Crippen LogP contribution is -2.22. The molecule has 2 aromatic rings. The van der Waals surface area contributed by atoms with Gasteiger partial charge in [0.2, 0.25) is 0 Å². The Hall–Kier alpha value is -2.44. The molecule has 0 aromatic heterocycles. The van der Waals surface area contributed by atoms with Gasteiger partial charge in [0.1, 0.15) is 0 Å². The number of nitrogens with one attached hydrogen (secondary N) is 2. The van der Waals surface area contributed by atoms with Gasteiger partial charge in [0.25, 0.3) is 0 Å². The van der Waals surface area contributed by atoms with Crippen molar-refractivity contribution in [2.24, 2.45) is 21.5 Å². The first-order valence-corrected chi connectivity index (χ1v) is 8.50. The monoisotopic (exact) mass is 408 g/mol. The smallest absolute Gasteiger partial charge is 0.193 e. The summed E-state index contributed by atoms with van der Waals surface area (Å²) in [6, 6.07) is 12.6. The summed E-state index contributed by atoms with van der Waals surface area (Å²) in [5.41, 5.74) is 18.7. The van der Waals surface area contributed by atoms with E-state index in [-0.39, 0.29) is 24.8 Å². The van der Waals surface area contributed by atoms with Crippen LogP contribution in [0.2, 0.25) is 0 Å². The minimum atomic E-state index is 0. The Balaban J connectivity index is 0.00000182. The van der Waals surface area contributed by atoms with Crippen molar-refractivity contribution < 1.29 is 0 Å². The van der Waals surface area contributed by atoms with E-state index in [9.17, 15) is 0 Å². The highest BCUT2D eigenvalue weighted by Crippen LogP contribution is 2.39. The molecule has 0 saturated heterocycles. The molecule has 6 N–H and O–H groups in total. The van der Waals surface area contributed by atoms with Crippen LogP contribution in [-0.2, 0) is 6.42 Å². The van der Waals surface area contributed by atoms with Crippen LogP contribution in [0.25, 0.3) is 11.1 Å². The zero-order chi connectivity index (χ0) is 17.8. The fourth-order valence-electron chi connectivity index (χ4n) is 3.08. The number of halogens is 2. The van der Waals surface area contributed by atoms with Crippen LogP contribution in [0.5, 0.6) is 0 Å². The first-order valence-electron chi connectivity index (χ1n) is 8.50. The number of hydrogen-bond donors (Lipinski definition) is 4. The summed E-state index contributed by atoms with van der Waals surface area (Å²) in [5, 5.41) is 6.27. The zero-order valence-corrected chi connectivity index (χ0v) is 17.1. The van der Waals surface area contributed by atoms with Gasteiger partial charge in [-0.25, -0.2) is 0 Å². The molecular formula is C19H26Cl2N6. The number of fused-ring (bicyclic) bond motifs is 3. The Bertz CT molecular complexity index is 779. The molecule has 0 amide bonds. The summed E-state index contributed by atoms with van der Waals surface area (Å²) in [4.78, 5) is 8.32. The molecule has 2 aromatic carbocycles. The van der Waals surface area contributed by atoms with Crippen LogP contribution >= 0.6 is 24.8 Å². The predicted octanol–water partition coefficient (Wildman–Crippen LogP) is 3.59. The third kappa shape index (κ3) is 5.28. The molecule has 0 heterocycles. The number of benzene rings is 2. The van der Waals surface area contributed by atoms with Gasteiger partial charge in [-0.05, 0) is 66.8 Å². The summed E-state index contributed by atoms with van der Waals surface area (Å²) in [5.74, 6) is 0.880. The Labute approximate surface area is 172 Å². The van der Waals surface area contributed by atoms with E-state index in [1.54, 1.807) is 0 Å². The standard InChI is InChI=1S/C19H24N6.2ClH/c1-3-22-18(20)24-14-5-7-16-12(10-14)9-13-11-15(6-8-17(13)16)25-19(21)23-4-2;;/h5-8,10-11H,3-4,9H2,1-2H3,(H3,20,22,24)(H3,21,23,25);2*1H. The molecule has 0 spiro atoms. The summed E-state index contributed by atoms with van der Waals surface area (Å²) < 4.78 is 0. The Kier molecular flexibility index (Phi) is 8.40. The molecule has 0 unspecified atom stereocenters. The molecule has 27 heavy (non-hydrogen) atoms. The second-order valence-electron chi connectivity index (χ2n) is 5.89. The average molecular weight is 409 g/mol. The van der Waals surface area contributed by atoms with E-state index in [1.807, 2.05) is 26.0 Å². The first kappa shape index (κ1) is 22.6. The van der Waals surface area contributed by atoms with Crippen LogP contribution in [0.1, 0.15) is 25.0 Å². The van der Waals surface area contributed by atoms with E-state index in [4.69, 9.17) is 11.5 Å². The first-order chi connectivity index (χ1) is 12.1. The lowest BCUT2D eigenvalue weighted by molar-refractivity contribution is 1.12. The van der Waals surface area contributed by atoms with Crippen molar-refractivity contribution in [2.45, 2.75) is 20.3 Å². The average Bonchev–Trinajstić information content (AvgIpc) is 2.91. The summed E-state index contributed by atoms with van der Waals surface area (Å²) in [6.07, 6.45) is 0.880.